The number of amides is 1. The fourth-order valence-corrected chi connectivity index (χ4v) is 4.11. The molecule has 0 atom stereocenters. The standard InChI is InChI=1S/C18H27N3O3S.ClH/c1-12(2)9-10-25-17-8-3-13(11-16(17)21(23)24)18(22)20-15-6-4-14(19)5-7-15;/h3,8,11-12,14-15H,4-7,9-10,19H2,1-2H3,(H,20,22);1H. The fraction of sp³-hybridized carbons (Fsp3) is 0.611. The number of halogens is 1. The van der Waals surface area contributed by atoms with Crippen LogP contribution < -0.4 is 11.1 Å². The van der Waals surface area contributed by atoms with Gasteiger partial charge in [-0.3, -0.25) is 14.9 Å². The summed E-state index contributed by atoms with van der Waals surface area (Å²) in [7, 11) is 0. The lowest BCUT2D eigenvalue weighted by Crippen LogP contribution is -2.40. The van der Waals surface area contributed by atoms with Gasteiger partial charge in [-0.2, -0.15) is 0 Å². The van der Waals surface area contributed by atoms with Gasteiger partial charge in [-0.15, -0.1) is 24.2 Å². The fourth-order valence-electron chi connectivity index (χ4n) is 2.86. The van der Waals surface area contributed by atoms with Crippen LogP contribution in [0, 0.1) is 16.0 Å². The molecular formula is C18H28ClN3O3S. The lowest BCUT2D eigenvalue weighted by Gasteiger charge is -2.26. The summed E-state index contributed by atoms with van der Waals surface area (Å²) in [5.41, 5.74) is 6.23. The van der Waals surface area contributed by atoms with E-state index >= 15 is 0 Å². The molecule has 0 aliphatic heterocycles. The predicted molar refractivity (Wildman–Crippen MR) is 108 cm³/mol. The Morgan fingerprint density at radius 1 is 1.35 bits per heavy atom. The number of hydrogen-bond donors (Lipinski definition) is 2. The van der Waals surface area contributed by atoms with Crippen LogP contribution in [0.2, 0.25) is 0 Å². The zero-order chi connectivity index (χ0) is 18.4. The van der Waals surface area contributed by atoms with E-state index in [4.69, 9.17) is 5.73 Å². The van der Waals surface area contributed by atoms with Crippen molar-refractivity contribution >= 4 is 35.8 Å². The Balaban J connectivity index is 0.00000338. The average molecular weight is 402 g/mol. The van der Waals surface area contributed by atoms with Crippen LogP contribution in [0.3, 0.4) is 0 Å². The Bertz CT molecular complexity index is 620. The number of hydrogen-bond acceptors (Lipinski definition) is 5. The molecule has 1 fully saturated rings. The number of nitro groups is 1. The first kappa shape index (κ1) is 22.7. The van der Waals surface area contributed by atoms with Gasteiger partial charge in [0.1, 0.15) is 0 Å². The summed E-state index contributed by atoms with van der Waals surface area (Å²) in [4.78, 5) is 24.0. The van der Waals surface area contributed by atoms with E-state index in [2.05, 4.69) is 19.2 Å². The third kappa shape index (κ3) is 6.78. The molecule has 1 aromatic carbocycles. The highest BCUT2D eigenvalue weighted by Crippen LogP contribution is 2.31. The molecule has 146 valence electrons. The van der Waals surface area contributed by atoms with Crippen molar-refractivity contribution in [3.8, 4) is 0 Å². The lowest BCUT2D eigenvalue weighted by molar-refractivity contribution is -0.387. The summed E-state index contributed by atoms with van der Waals surface area (Å²) < 4.78 is 0. The molecule has 8 heteroatoms. The highest BCUT2D eigenvalue weighted by molar-refractivity contribution is 7.99. The molecule has 1 saturated carbocycles. The first-order valence-corrected chi connectivity index (χ1v) is 9.83. The normalized spacial score (nSPS) is 19.7. The highest BCUT2D eigenvalue weighted by Gasteiger charge is 2.22. The number of nitrogens with zero attached hydrogens (tertiary/aromatic N) is 1. The van der Waals surface area contributed by atoms with E-state index in [9.17, 15) is 14.9 Å². The highest BCUT2D eigenvalue weighted by atomic mass is 35.5. The predicted octanol–water partition coefficient (Wildman–Crippen LogP) is 4.15. The number of carbonyl (C=O) groups excluding carboxylic acids is 1. The molecule has 26 heavy (non-hydrogen) atoms. The minimum atomic E-state index is -0.409. The summed E-state index contributed by atoms with van der Waals surface area (Å²) in [6, 6.07) is 5.08. The van der Waals surface area contributed by atoms with Gasteiger partial charge in [0.25, 0.3) is 11.6 Å². The molecule has 0 bridgehead atoms. The van der Waals surface area contributed by atoms with Crippen LogP contribution in [-0.2, 0) is 0 Å². The minimum absolute atomic E-state index is 0. The summed E-state index contributed by atoms with van der Waals surface area (Å²) in [6.07, 6.45) is 4.51. The van der Waals surface area contributed by atoms with Crippen molar-refractivity contribution in [2.24, 2.45) is 11.7 Å². The molecule has 0 aromatic heterocycles. The monoisotopic (exact) mass is 401 g/mol. The molecule has 1 aliphatic carbocycles. The van der Waals surface area contributed by atoms with Gasteiger partial charge >= 0.3 is 0 Å². The molecule has 1 aliphatic rings. The van der Waals surface area contributed by atoms with Crippen molar-refractivity contribution in [2.75, 3.05) is 5.75 Å². The third-order valence-electron chi connectivity index (χ3n) is 4.48. The maximum Gasteiger partial charge on any atom is 0.283 e. The van der Waals surface area contributed by atoms with Crippen LogP contribution in [-0.4, -0.2) is 28.7 Å². The number of nitrogens with two attached hydrogens (primary N) is 1. The summed E-state index contributed by atoms with van der Waals surface area (Å²) in [6.45, 7) is 4.25. The SMILES string of the molecule is CC(C)CCSc1ccc(C(=O)NC2CCC(N)CC2)cc1[N+](=O)[O-].Cl. The Hall–Kier alpha value is -1.31. The molecule has 0 spiro atoms. The van der Waals surface area contributed by atoms with Crippen LogP contribution in [0.25, 0.3) is 0 Å². The maximum absolute atomic E-state index is 12.4. The Labute approximate surface area is 165 Å². The molecular weight excluding hydrogens is 374 g/mol. The first-order chi connectivity index (χ1) is 11.9. The van der Waals surface area contributed by atoms with E-state index < -0.39 is 4.92 Å². The number of carbonyl (C=O) groups is 1. The Morgan fingerprint density at radius 3 is 2.58 bits per heavy atom. The van der Waals surface area contributed by atoms with Crippen molar-refractivity contribution in [3.63, 3.8) is 0 Å². The van der Waals surface area contributed by atoms with Gasteiger partial charge in [-0.1, -0.05) is 13.8 Å². The van der Waals surface area contributed by atoms with Gasteiger partial charge < -0.3 is 11.1 Å². The van der Waals surface area contributed by atoms with Crippen LogP contribution in [0.4, 0.5) is 5.69 Å². The van der Waals surface area contributed by atoms with E-state index in [0.717, 1.165) is 37.9 Å². The number of rotatable bonds is 7. The van der Waals surface area contributed by atoms with Crippen LogP contribution in [0.15, 0.2) is 23.1 Å². The van der Waals surface area contributed by atoms with E-state index in [1.54, 1.807) is 12.1 Å². The van der Waals surface area contributed by atoms with Crippen LogP contribution >= 0.6 is 24.2 Å². The van der Waals surface area contributed by atoms with Crippen LogP contribution in [0.1, 0.15) is 56.3 Å². The molecule has 1 aromatic rings. The van der Waals surface area contributed by atoms with E-state index in [0.29, 0.717) is 16.4 Å². The molecule has 6 nitrogen and oxygen atoms in total. The molecule has 1 amide bonds. The van der Waals surface area contributed by atoms with Crippen molar-refractivity contribution < 1.29 is 9.72 Å². The van der Waals surface area contributed by atoms with E-state index in [1.807, 2.05) is 0 Å². The molecule has 0 heterocycles. The summed E-state index contributed by atoms with van der Waals surface area (Å²) in [5.74, 6) is 1.13. The quantitative estimate of drug-likeness (QED) is 0.406. The Kier molecular flexibility index (Phi) is 9.39. The van der Waals surface area contributed by atoms with Crippen molar-refractivity contribution in [3.05, 3.63) is 33.9 Å². The molecule has 0 saturated heterocycles. The summed E-state index contributed by atoms with van der Waals surface area (Å²) in [5, 5.41) is 14.3. The second kappa shape index (κ2) is 10.7. The first-order valence-electron chi connectivity index (χ1n) is 8.84. The number of benzene rings is 1. The number of nitrogens with one attached hydrogen (secondary N) is 1. The molecule has 2 rings (SSSR count). The van der Waals surface area contributed by atoms with Gasteiger partial charge in [0.2, 0.25) is 0 Å². The minimum Gasteiger partial charge on any atom is -0.349 e. The van der Waals surface area contributed by atoms with Crippen molar-refractivity contribution in [2.45, 2.75) is 62.9 Å². The van der Waals surface area contributed by atoms with Crippen molar-refractivity contribution in [1.82, 2.24) is 5.32 Å². The second-order valence-electron chi connectivity index (χ2n) is 7.06. The van der Waals surface area contributed by atoms with Gasteiger partial charge in [0.05, 0.1) is 9.82 Å². The topological polar surface area (TPSA) is 98.3 Å². The summed E-state index contributed by atoms with van der Waals surface area (Å²) >= 11 is 1.47. The maximum atomic E-state index is 12.4. The molecule has 3 N–H and O–H groups in total. The zero-order valence-corrected chi connectivity index (χ0v) is 16.9. The zero-order valence-electron chi connectivity index (χ0n) is 15.3. The van der Waals surface area contributed by atoms with Crippen molar-refractivity contribution in [1.29, 1.82) is 0 Å². The second-order valence-corrected chi connectivity index (χ2v) is 8.19. The van der Waals surface area contributed by atoms with Gasteiger partial charge in [0, 0.05) is 23.7 Å². The largest absolute Gasteiger partial charge is 0.349 e. The number of nitro benzene ring substituents is 1. The van der Waals surface area contributed by atoms with Gasteiger partial charge in [-0.25, -0.2) is 0 Å². The van der Waals surface area contributed by atoms with E-state index in [1.165, 1.54) is 17.8 Å². The smallest absolute Gasteiger partial charge is 0.283 e. The van der Waals surface area contributed by atoms with Crippen LogP contribution in [0.5, 0.6) is 0 Å². The average Bonchev–Trinajstić information content (AvgIpc) is 2.56. The number of thioether (sulfide) groups is 1. The Morgan fingerprint density at radius 2 is 2.00 bits per heavy atom. The molecule has 0 unspecified atom stereocenters. The van der Waals surface area contributed by atoms with Gasteiger partial charge in [0.15, 0.2) is 0 Å². The van der Waals surface area contributed by atoms with E-state index in [-0.39, 0.29) is 36.1 Å². The lowest BCUT2D eigenvalue weighted by atomic mass is 9.91. The van der Waals surface area contributed by atoms with Gasteiger partial charge in [-0.05, 0) is 55.9 Å². The third-order valence-corrected chi connectivity index (χ3v) is 5.57. The molecule has 0 radical (unpaired) electrons.